The van der Waals surface area contributed by atoms with Crippen LogP contribution in [-0.4, -0.2) is 22.4 Å². The fourth-order valence-electron chi connectivity index (χ4n) is 2.28. The molecule has 2 heterocycles. The maximum atomic E-state index is 12.1. The minimum Gasteiger partial charge on any atom is -0.466 e. The summed E-state index contributed by atoms with van der Waals surface area (Å²) >= 11 is 0. The summed E-state index contributed by atoms with van der Waals surface area (Å²) in [6.07, 6.45) is 2.41. The van der Waals surface area contributed by atoms with Crippen LogP contribution in [0.1, 0.15) is 29.8 Å². The molecule has 0 N–H and O–H groups in total. The number of hydrogen-bond acceptors (Lipinski definition) is 4. The van der Waals surface area contributed by atoms with E-state index in [0.29, 0.717) is 22.7 Å². The van der Waals surface area contributed by atoms with Crippen LogP contribution in [0.5, 0.6) is 5.75 Å². The molecule has 0 amide bonds. The van der Waals surface area contributed by atoms with E-state index in [9.17, 15) is 9.59 Å². The van der Waals surface area contributed by atoms with Gasteiger partial charge in [0.15, 0.2) is 5.72 Å². The molecule has 0 unspecified atom stereocenters. The second-order valence-corrected chi connectivity index (χ2v) is 5.27. The average Bonchev–Trinajstić information content (AvgIpc) is 2.46. The Hall–Kier alpha value is -2.69. The van der Waals surface area contributed by atoms with Gasteiger partial charge in [-0.3, -0.25) is 14.2 Å². The van der Waals surface area contributed by atoms with Crippen molar-refractivity contribution in [3.05, 3.63) is 64.1 Å². The van der Waals surface area contributed by atoms with Crippen molar-refractivity contribution in [2.75, 3.05) is 0 Å². The van der Waals surface area contributed by atoms with Gasteiger partial charge in [0.1, 0.15) is 17.9 Å². The van der Waals surface area contributed by atoms with E-state index in [0.717, 1.165) is 6.29 Å². The van der Waals surface area contributed by atoms with Gasteiger partial charge in [0.05, 0.1) is 5.56 Å². The number of hydrogen-bond donors (Lipinski definition) is 0. The minimum absolute atomic E-state index is 0.184. The molecule has 106 valence electrons. The molecule has 0 saturated heterocycles. The quantitative estimate of drug-likeness (QED) is 0.752. The normalized spacial score (nSPS) is 15.6. The Labute approximate surface area is 121 Å². The molecule has 0 aliphatic carbocycles. The molecule has 0 fully saturated rings. The van der Waals surface area contributed by atoms with E-state index in [4.69, 9.17) is 4.74 Å². The monoisotopic (exact) mass is 282 g/mol. The number of carbonyl (C=O) groups is 1. The fourth-order valence-corrected chi connectivity index (χ4v) is 2.28. The maximum Gasteiger partial charge on any atom is 0.256 e. The first-order chi connectivity index (χ1) is 10.00. The smallest absolute Gasteiger partial charge is 0.256 e. The topological polar surface area (TPSA) is 60.7 Å². The summed E-state index contributed by atoms with van der Waals surface area (Å²) in [6, 6.07) is 9.98. The Bertz CT molecular complexity index is 803. The Kier molecular flexibility index (Phi) is 2.97. The van der Waals surface area contributed by atoms with Crippen molar-refractivity contribution in [2.45, 2.75) is 19.6 Å². The van der Waals surface area contributed by atoms with Crippen LogP contribution in [0.2, 0.25) is 0 Å². The zero-order valence-corrected chi connectivity index (χ0v) is 11.7. The highest BCUT2D eigenvalue weighted by Gasteiger charge is 2.29. The third-order valence-electron chi connectivity index (χ3n) is 3.17. The molecule has 0 bridgehead atoms. The summed E-state index contributed by atoms with van der Waals surface area (Å²) in [5.74, 6) is 1.09. The van der Waals surface area contributed by atoms with Crippen LogP contribution in [0.15, 0.2) is 52.4 Å². The standard InChI is InChI=1S/C16H14N2O3/c1-16(2)17-15(18-8-4-3-5-14(18)20)12-9-11(10-19)6-7-13(12)21-16/h3-10H,1-2H3. The van der Waals surface area contributed by atoms with Gasteiger partial charge < -0.3 is 4.74 Å². The molecule has 0 saturated carbocycles. The van der Waals surface area contributed by atoms with Crippen LogP contribution < -0.4 is 10.3 Å². The van der Waals surface area contributed by atoms with Gasteiger partial charge in [0.25, 0.3) is 5.56 Å². The van der Waals surface area contributed by atoms with Gasteiger partial charge in [-0.2, -0.15) is 0 Å². The van der Waals surface area contributed by atoms with Gasteiger partial charge in [0.2, 0.25) is 0 Å². The fraction of sp³-hybridized carbons (Fsp3) is 0.188. The number of aliphatic imine (C=N–C) groups is 1. The average molecular weight is 282 g/mol. The van der Waals surface area contributed by atoms with Gasteiger partial charge in [-0.15, -0.1) is 0 Å². The summed E-state index contributed by atoms with van der Waals surface area (Å²) in [5, 5.41) is 0. The summed E-state index contributed by atoms with van der Waals surface area (Å²) < 4.78 is 7.25. The Morgan fingerprint density at radius 1 is 1.24 bits per heavy atom. The molecule has 5 nitrogen and oxygen atoms in total. The summed E-state index contributed by atoms with van der Waals surface area (Å²) in [4.78, 5) is 27.5. The number of ether oxygens (including phenoxy) is 1. The molecule has 5 heteroatoms. The summed E-state index contributed by atoms with van der Waals surface area (Å²) in [7, 11) is 0. The number of pyridine rings is 1. The third kappa shape index (κ3) is 2.38. The van der Waals surface area contributed by atoms with Crippen LogP contribution >= 0.6 is 0 Å². The summed E-state index contributed by atoms with van der Waals surface area (Å²) in [5.41, 5.74) is 0.178. The lowest BCUT2D eigenvalue weighted by Crippen LogP contribution is -2.37. The number of fused-ring (bicyclic) bond motifs is 1. The van der Waals surface area contributed by atoms with Crippen molar-refractivity contribution in [1.29, 1.82) is 0 Å². The minimum atomic E-state index is -0.777. The highest BCUT2D eigenvalue weighted by atomic mass is 16.5. The number of aldehydes is 1. The van der Waals surface area contributed by atoms with E-state index in [2.05, 4.69) is 4.99 Å². The molecule has 3 rings (SSSR count). The van der Waals surface area contributed by atoms with E-state index in [1.165, 1.54) is 10.6 Å². The molecule has 1 aromatic heterocycles. The SMILES string of the molecule is CC1(C)N=C(n2ccccc2=O)c2cc(C=O)ccc2O1. The molecule has 1 aliphatic rings. The zero-order chi connectivity index (χ0) is 15.0. The number of nitrogens with zero attached hydrogens (tertiary/aromatic N) is 2. The van der Waals surface area contributed by atoms with E-state index in [1.54, 1.807) is 36.5 Å². The third-order valence-corrected chi connectivity index (χ3v) is 3.17. The van der Waals surface area contributed by atoms with Gasteiger partial charge in [-0.05, 0) is 38.1 Å². The molecule has 0 atom stereocenters. The lowest BCUT2D eigenvalue weighted by atomic mass is 10.1. The molecule has 21 heavy (non-hydrogen) atoms. The van der Waals surface area contributed by atoms with E-state index < -0.39 is 5.72 Å². The second kappa shape index (κ2) is 4.70. The molecule has 0 radical (unpaired) electrons. The Morgan fingerprint density at radius 3 is 2.76 bits per heavy atom. The van der Waals surface area contributed by atoms with Crippen LogP contribution in [0.3, 0.4) is 0 Å². The highest BCUT2D eigenvalue weighted by molar-refractivity contribution is 6.04. The zero-order valence-electron chi connectivity index (χ0n) is 11.7. The lowest BCUT2D eigenvalue weighted by molar-refractivity contribution is 0.112. The van der Waals surface area contributed by atoms with Crippen molar-refractivity contribution in [2.24, 2.45) is 4.99 Å². The van der Waals surface area contributed by atoms with Crippen molar-refractivity contribution in [1.82, 2.24) is 4.57 Å². The molecular weight excluding hydrogens is 268 g/mol. The van der Waals surface area contributed by atoms with Gasteiger partial charge in [-0.25, -0.2) is 4.99 Å². The second-order valence-electron chi connectivity index (χ2n) is 5.27. The van der Waals surface area contributed by atoms with Gasteiger partial charge in [0, 0.05) is 17.8 Å². The summed E-state index contributed by atoms with van der Waals surface area (Å²) in [6.45, 7) is 3.63. The Balaban J connectivity index is 2.28. The molecule has 1 aromatic carbocycles. The van der Waals surface area contributed by atoms with Crippen molar-refractivity contribution >= 4 is 12.1 Å². The number of aromatic nitrogens is 1. The maximum absolute atomic E-state index is 12.1. The largest absolute Gasteiger partial charge is 0.466 e. The van der Waals surface area contributed by atoms with Gasteiger partial charge in [-0.1, -0.05) is 6.07 Å². The molecule has 1 aliphatic heterocycles. The first-order valence-electron chi connectivity index (χ1n) is 6.57. The predicted molar refractivity (Wildman–Crippen MR) is 79.2 cm³/mol. The van der Waals surface area contributed by atoms with Crippen LogP contribution in [0.4, 0.5) is 0 Å². The first kappa shape index (κ1) is 13.3. The molecular formula is C16H14N2O3. The predicted octanol–water partition coefficient (Wildman–Crippen LogP) is 2.08. The van der Waals surface area contributed by atoms with Crippen molar-refractivity contribution in [3.63, 3.8) is 0 Å². The first-order valence-corrected chi connectivity index (χ1v) is 6.57. The van der Waals surface area contributed by atoms with Crippen molar-refractivity contribution < 1.29 is 9.53 Å². The number of rotatable bonds is 1. The van der Waals surface area contributed by atoms with Crippen LogP contribution in [0.25, 0.3) is 0 Å². The van der Waals surface area contributed by atoms with Gasteiger partial charge >= 0.3 is 0 Å². The number of benzene rings is 1. The highest BCUT2D eigenvalue weighted by Crippen LogP contribution is 2.31. The van der Waals surface area contributed by atoms with Crippen LogP contribution in [0, 0.1) is 0 Å². The van der Waals surface area contributed by atoms with E-state index in [-0.39, 0.29) is 5.56 Å². The number of carbonyl (C=O) groups excluding carboxylic acids is 1. The Morgan fingerprint density at radius 2 is 2.05 bits per heavy atom. The molecule has 0 spiro atoms. The lowest BCUT2D eigenvalue weighted by Gasteiger charge is -2.30. The van der Waals surface area contributed by atoms with E-state index in [1.807, 2.05) is 13.8 Å². The van der Waals surface area contributed by atoms with Crippen LogP contribution in [-0.2, 0) is 0 Å². The molecule has 2 aromatic rings. The van der Waals surface area contributed by atoms with Crippen molar-refractivity contribution in [3.8, 4) is 5.75 Å². The van der Waals surface area contributed by atoms with E-state index >= 15 is 0 Å².